The Hall–Kier alpha value is -0.900. The Morgan fingerprint density at radius 1 is 1.44 bits per heavy atom. The van der Waals surface area contributed by atoms with Gasteiger partial charge in [-0.2, -0.15) is 0 Å². The van der Waals surface area contributed by atoms with Gasteiger partial charge < -0.3 is 10.5 Å². The molecule has 0 saturated heterocycles. The van der Waals surface area contributed by atoms with E-state index in [0.717, 1.165) is 12.2 Å². The normalized spacial score (nSPS) is 10.8. The molecule has 0 spiro atoms. The maximum absolute atomic E-state index is 13.5. The summed E-state index contributed by atoms with van der Waals surface area (Å²) in [5.41, 5.74) is 5.94. The Morgan fingerprint density at radius 3 is 2.69 bits per heavy atom. The summed E-state index contributed by atoms with van der Waals surface area (Å²) < 4.78 is 18.6. The van der Waals surface area contributed by atoms with Gasteiger partial charge in [0, 0.05) is 11.0 Å². The molecule has 0 unspecified atom stereocenters. The van der Waals surface area contributed by atoms with Crippen molar-refractivity contribution >= 4 is 17.4 Å². The number of methoxy groups -OCH3 is 1. The number of hydrogen-bond donors (Lipinski definition) is 1. The summed E-state index contributed by atoms with van der Waals surface area (Å²) in [6.45, 7) is 4.31. The van der Waals surface area contributed by atoms with Gasteiger partial charge in [0.25, 0.3) is 0 Å². The van der Waals surface area contributed by atoms with Gasteiger partial charge in [-0.1, -0.05) is 13.8 Å². The van der Waals surface area contributed by atoms with Gasteiger partial charge in [-0.25, -0.2) is 4.39 Å². The predicted molar refractivity (Wildman–Crippen MR) is 67.5 cm³/mol. The largest absolute Gasteiger partial charge is 0.495 e. The van der Waals surface area contributed by atoms with Crippen LogP contribution in [0.5, 0.6) is 5.75 Å². The molecule has 1 rings (SSSR count). The van der Waals surface area contributed by atoms with E-state index >= 15 is 0 Å². The van der Waals surface area contributed by atoms with Crippen LogP contribution in [0.2, 0.25) is 0 Å². The van der Waals surface area contributed by atoms with E-state index in [1.54, 1.807) is 6.07 Å². The number of benzene rings is 1. The zero-order chi connectivity index (χ0) is 12.1. The van der Waals surface area contributed by atoms with E-state index < -0.39 is 0 Å². The first-order chi connectivity index (χ1) is 7.54. The van der Waals surface area contributed by atoms with Crippen LogP contribution in [0.25, 0.3) is 0 Å². The molecule has 0 radical (unpaired) electrons. The predicted octanol–water partition coefficient (Wildman–Crippen LogP) is 3.55. The second-order valence-corrected chi connectivity index (χ2v) is 5.19. The molecule has 2 nitrogen and oxygen atoms in total. The van der Waals surface area contributed by atoms with Crippen molar-refractivity contribution in [1.29, 1.82) is 0 Å². The van der Waals surface area contributed by atoms with Crippen molar-refractivity contribution in [2.75, 3.05) is 18.6 Å². The number of anilines is 1. The monoisotopic (exact) mass is 243 g/mol. The van der Waals surface area contributed by atoms with E-state index in [-0.39, 0.29) is 5.82 Å². The van der Waals surface area contributed by atoms with Crippen LogP contribution in [0.3, 0.4) is 0 Å². The first-order valence-electron chi connectivity index (χ1n) is 5.30. The van der Waals surface area contributed by atoms with Gasteiger partial charge in [-0.15, -0.1) is 11.8 Å². The summed E-state index contributed by atoms with van der Waals surface area (Å²) >= 11 is 1.50. The first kappa shape index (κ1) is 13.2. The van der Waals surface area contributed by atoms with E-state index in [9.17, 15) is 4.39 Å². The average Bonchev–Trinajstić information content (AvgIpc) is 2.20. The van der Waals surface area contributed by atoms with Gasteiger partial charge in [0.1, 0.15) is 11.6 Å². The van der Waals surface area contributed by atoms with Gasteiger partial charge in [0.2, 0.25) is 0 Å². The second kappa shape index (κ2) is 5.99. The second-order valence-electron chi connectivity index (χ2n) is 4.06. The molecule has 0 atom stereocenters. The third-order valence-corrected chi connectivity index (χ3v) is 3.30. The number of halogens is 1. The number of rotatable bonds is 5. The van der Waals surface area contributed by atoms with Crippen LogP contribution < -0.4 is 10.5 Å². The SMILES string of the molecule is COc1cc(SCCC(C)C)c(F)cc1N. The van der Waals surface area contributed by atoms with E-state index in [2.05, 4.69) is 13.8 Å². The molecular weight excluding hydrogens is 225 g/mol. The van der Waals surface area contributed by atoms with Crippen molar-refractivity contribution < 1.29 is 9.13 Å². The minimum absolute atomic E-state index is 0.271. The molecule has 0 aliphatic rings. The lowest BCUT2D eigenvalue weighted by molar-refractivity contribution is 0.414. The highest BCUT2D eigenvalue weighted by Gasteiger charge is 2.09. The number of hydrogen-bond acceptors (Lipinski definition) is 3. The van der Waals surface area contributed by atoms with Crippen molar-refractivity contribution in [1.82, 2.24) is 0 Å². The van der Waals surface area contributed by atoms with Crippen LogP contribution >= 0.6 is 11.8 Å². The summed E-state index contributed by atoms with van der Waals surface area (Å²) in [7, 11) is 1.53. The zero-order valence-corrected chi connectivity index (χ0v) is 10.7. The number of ether oxygens (including phenoxy) is 1. The fourth-order valence-corrected chi connectivity index (χ4v) is 2.44. The summed E-state index contributed by atoms with van der Waals surface area (Å²) in [5.74, 6) is 1.80. The van der Waals surface area contributed by atoms with Crippen LogP contribution in [0.1, 0.15) is 20.3 Å². The van der Waals surface area contributed by atoms with Crippen LogP contribution in [0.4, 0.5) is 10.1 Å². The van der Waals surface area contributed by atoms with Crippen molar-refractivity contribution in [2.24, 2.45) is 5.92 Å². The number of thioether (sulfide) groups is 1. The highest BCUT2D eigenvalue weighted by atomic mass is 32.2. The number of nitrogens with two attached hydrogens (primary N) is 1. The molecule has 0 heterocycles. The molecule has 0 aromatic heterocycles. The molecule has 0 aliphatic carbocycles. The molecule has 0 fully saturated rings. The van der Waals surface area contributed by atoms with E-state index in [1.807, 2.05) is 0 Å². The molecular formula is C12H18FNOS. The molecule has 0 bridgehead atoms. The zero-order valence-electron chi connectivity index (χ0n) is 9.92. The third-order valence-electron chi connectivity index (χ3n) is 2.24. The Balaban J connectivity index is 2.72. The molecule has 0 amide bonds. The van der Waals surface area contributed by atoms with E-state index in [4.69, 9.17) is 10.5 Å². The van der Waals surface area contributed by atoms with Crippen LogP contribution in [0.15, 0.2) is 17.0 Å². The fourth-order valence-electron chi connectivity index (χ4n) is 1.24. The highest BCUT2D eigenvalue weighted by Crippen LogP contribution is 2.31. The molecule has 1 aromatic carbocycles. The van der Waals surface area contributed by atoms with Gasteiger partial charge in [0.05, 0.1) is 12.8 Å². The van der Waals surface area contributed by atoms with E-state index in [1.165, 1.54) is 24.9 Å². The molecule has 0 saturated carbocycles. The minimum atomic E-state index is -0.271. The molecule has 2 N–H and O–H groups in total. The van der Waals surface area contributed by atoms with Gasteiger partial charge >= 0.3 is 0 Å². The van der Waals surface area contributed by atoms with Gasteiger partial charge in [-0.05, 0) is 24.2 Å². The average molecular weight is 243 g/mol. The maximum atomic E-state index is 13.5. The Labute approximate surface area is 100 Å². The molecule has 1 aromatic rings. The highest BCUT2D eigenvalue weighted by molar-refractivity contribution is 7.99. The summed E-state index contributed by atoms with van der Waals surface area (Å²) in [4.78, 5) is 0.603. The summed E-state index contributed by atoms with van der Waals surface area (Å²) in [6.07, 6.45) is 1.07. The Bertz CT molecular complexity index is 355. The smallest absolute Gasteiger partial charge is 0.143 e. The van der Waals surface area contributed by atoms with Gasteiger partial charge in [-0.3, -0.25) is 0 Å². The molecule has 4 heteroatoms. The minimum Gasteiger partial charge on any atom is -0.495 e. The van der Waals surface area contributed by atoms with Gasteiger partial charge in [0.15, 0.2) is 0 Å². The van der Waals surface area contributed by atoms with Crippen LogP contribution in [0, 0.1) is 11.7 Å². The summed E-state index contributed by atoms with van der Waals surface area (Å²) in [6, 6.07) is 2.98. The van der Waals surface area contributed by atoms with Crippen LogP contribution in [-0.2, 0) is 0 Å². The Kier molecular flexibility index (Phi) is 4.93. The number of nitrogen functional groups attached to an aromatic ring is 1. The maximum Gasteiger partial charge on any atom is 0.143 e. The lowest BCUT2D eigenvalue weighted by Crippen LogP contribution is -1.96. The first-order valence-corrected chi connectivity index (χ1v) is 6.29. The standard InChI is InChI=1S/C12H18FNOS/c1-8(2)4-5-16-12-7-11(15-3)10(14)6-9(12)13/h6-8H,4-5,14H2,1-3H3. The van der Waals surface area contributed by atoms with Crippen molar-refractivity contribution in [3.05, 3.63) is 17.9 Å². The van der Waals surface area contributed by atoms with Crippen LogP contribution in [-0.4, -0.2) is 12.9 Å². The lowest BCUT2D eigenvalue weighted by atomic mass is 10.2. The fraction of sp³-hybridized carbons (Fsp3) is 0.500. The van der Waals surface area contributed by atoms with Crippen molar-refractivity contribution in [2.45, 2.75) is 25.2 Å². The van der Waals surface area contributed by atoms with Crippen molar-refractivity contribution in [3.63, 3.8) is 0 Å². The lowest BCUT2D eigenvalue weighted by Gasteiger charge is -2.09. The third kappa shape index (κ3) is 3.59. The Morgan fingerprint density at radius 2 is 2.12 bits per heavy atom. The summed E-state index contributed by atoms with van der Waals surface area (Å²) in [5, 5.41) is 0. The van der Waals surface area contributed by atoms with Crippen molar-refractivity contribution in [3.8, 4) is 5.75 Å². The molecule has 16 heavy (non-hydrogen) atoms. The molecule has 90 valence electrons. The molecule has 0 aliphatic heterocycles. The van der Waals surface area contributed by atoms with E-state index in [0.29, 0.717) is 22.3 Å². The topological polar surface area (TPSA) is 35.2 Å². The quantitative estimate of drug-likeness (QED) is 0.634.